The molecule has 3 aliphatic heterocycles. The lowest BCUT2D eigenvalue weighted by Crippen LogP contribution is -2.57. The van der Waals surface area contributed by atoms with Crippen LogP contribution in [0, 0.1) is 17.8 Å². The summed E-state index contributed by atoms with van der Waals surface area (Å²) in [5.74, 6) is -0.942. The van der Waals surface area contributed by atoms with Crippen LogP contribution in [-0.4, -0.2) is 53.5 Å². The van der Waals surface area contributed by atoms with Gasteiger partial charge in [0.25, 0.3) is 0 Å². The summed E-state index contributed by atoms with van der Waals surface area (Å²) in [5, 5.41) is 6.30. The number of amides is 3. The summed E-state index contributed by atoms with van der Waals surface area (Å²) >= 11 is 0. The minimum absolute atomic E-state index is 0.0420. The van der Waals surface area contributed by atoms with Crippen molar-refractivity contribution in [2.45, 2.75) is 82.7 Å². The van der Waals surface area contributed by atoms with Crippen molar-refractivity contribution >= 4 is 23.4 Å². The molecule has 7 atom stereocenters. The molecule has 3 fully saturated rings. The predicted octanol–water partition coefficient (Wildman–Crippen LogP) is 4.80. The van der Waals surface area contributed by atoms with Crippen LogP contribution in [0.1, 0.15) is 63.5 Å². The summed E-state index contributed by atoms with van der Waals surface area (Å²) < 4.78 is 12.1. The number of para-hydroxylation sites is 1. The van der Waals surface area contributed by atoms with Crippen molar-refractivity contribution in [1.82, 2.24) is 10.2 Å². The normalized spacial score (nSPS) is 31.4. The molecule has 8 heteroatoms. The van der Waals surface area contributed by atoms with E-state index in [4.69, 9.17) is 9.47 Å². The van der Waals surface area contributed by atoms with Crippen molar-refractivity contribution in [3.05, 3.63) is 71.8 Å². The lowest BCUT2D eigenvalue weighted by molar-refractivity contribution is -0.142. The van der Waals surface area contributed by atoms with Crippen LogP contribution >= 0.6 is 0 Å². The average Bonchev–Trinajstić information content (AvgIpc) is 3.62. The van der Waals surface area contributed by atoms with Gasteiger partial charge in [-0.2, -0.15) is 0 Å². The van der Waals surface area contributed by atoms with Crippen LogP contribution in [0.2, 0.25) is 0 Å². The topological polar surface area (TPSA) is 97.0 Å². The Kier molecular flexibility index (Phi) is 7.60. The summed E-state index contributed by atoms with van der Waals surface area (Å²) in [7, 11) is 1.59. The summed E-state index contributed by atoms with van der Waals surface area (Å²) in [5.41, 5.74) is 1.42. The number of hydrogen-bond acceptors (Lipinski definition) is 5. The molecule has 42 heavy (non-hydrogen) atoms. The van der Waals surface area contributed by atoms with Gasteiger partial charge in [-0.15, -0.1) is 0 Å². The quantitative estimate of drug-likeness (QED) is 0.444. The number of rotatable bonds is 8. The van der Waals surface area contributed by atoms with E-state index in [1.54, 1.807) is 12.0 Å². The molecule has 0 aromatic heterocycles. The molecule has 3 amide bonds. The molecule has 2 N–H and O–H groups in total. The van der Waals surface area contributed by atoms with E-state index in [0.29, 0.717) is 23.3 Å². The van der Waals surface area contributed by atoms with Gasteiger partial charge in [-0.1, -0.05) is 76.1 Å². The number of methoxy groups -OCH3 is 1. The molecule has 0 unspecified atom stereocenters. The van der Waals surface area contributed by atoms with Crippen molar-refractivity contribution in [1.29, 1.82) is 0 Å². The third kappa shape index (κ3) is 4.79. The van der Waals surface area contributed by atoms with Crippen LogP contribution in [0.3, 0.4) is 0 Å². The fourth-order valence-electron chi connectivity index (χ4n) is 7.42. The molecule has 2 aromatic carbocycles. The Labute approximate surface area is 247 Å². The Morgan fingerprint density at radius 1 is 1.07 bits per heavy atom. The lowest BCUT2D eigenvalue weighted by atomic mass is 9.74. The predicted molar refractivity (Wildman–Crippen MR) is 160 cm³/mol. The third-order valence-corrected chi connectivity index (χ3v) is 9.74. The first-order valence-electron chi connectivity index (χ1n) is 15.2. The van der Waals surface area contributed by atoms with Crippen molar-refractivity contribution in [3.8, 4) is 5.75 Å². The first-order valence-corrected chi connectivity index (χ1v) is 15.2. The summed E-state index contributed by atoms with van der Waals surface area (Å²) in [6.07, 6.45) is 7.33. The van der Waals surface area contributed by atoms with Crippen LogP contribution in [-0.2, 0) is 25.7 Å². The molecule has 2 saturated heterocycles. The second-order valence-electron chi connectivity index (χ2n) is 12.6. The molecule has 1 aliphatic carbocycles. The van der Waals surface area contributed by atoms with Crippen molar-refractivity contribution in [2.75, 3.05) is 12.4 Å². The standard InChI is InChI=1S/C34H41N3O5/c1-20(2)22-13-15-24(16-14-22)35-31(38)28-27-17-18-34(42-27)29(28)33(40)37(19-23-10-6-8-12-26(23)41-4)30(34)32(39)36-25-11-7-5-9-21(25)3/h6,8,10,12-18,20-21,25,27-30H,5,7,9,11,19H2,1-4H3,(H,35,38)(H,36,39)/t21-,25-,27+,28+,29+,30-,34-/m0/s1. The van der Waals surface area contributed by atoms with Gasteiger partial charge in [-0.25, -0.2) is 0 Å². The van der Waals surface area contributed by atoms with Crippen molar-refractivity contribution in [2.24, 2.45) is 17.8 Å². The van der Waals surface area contributed by atoms with Crippen LogP contribution in [0.15, 0.2) is 60.7 Å². The van der Waals surface area contributed by atoms with Gasteiger partial charge >= 0.3 is 0 Å². The minimum atomic E-state index is -1.21. The van der Waals surface area contributed by atoms with Crippen molar-refractivity contribution in [3.63, 3.8) is 0 Å². The van der Waals surface area contributed by atoms with E-state index in [0.717, 1.165) is 31.2 Å². The van der Waals surface area contributed by atoms with E-state index < -0.39 is 29.6 Å². The SMILES string of the molecule is COc1ccccc1CN1C(=O)[C@H]2[C@H](C(=O)Nc3ccc(C(C)C)cc3)[C@H]3C=C[C@@]2(O3)[C@@H]1C(=O)N[C@H]1CCCC[C@@H]1C. The Hall–Kier alpha value is -3.65. The van der Waals surface area contributed by atoms with E-state index in [2.05, 4.69) is 31.4 Å². The number of carbonyl (C=O) groups is 3. The summed E-state index contributed by atoms with van der Waals surface area (Å²) in [4.78, 5) is 43.9. The Morgan fingerprint density at radius 2 is 1.81 bits per heavy atom. The zero-order chi connectivity index (χ0) is 29.6. The molecule has 2 bridgehead atoms. The van der Waals surface area contributed by atoms with E-state index in [-0.39, 0.29) is 30.3 Å². The van der Waals surface area contributed by atoms with Gasteiger partial charge in [0.15, 0.2) is 0 Å². The van der Waals surface area contributed by atoms with Crippen LogP contribution in [0.5, 0.6) is 5.75 Å². The molecule has 6 rings (SSSR count). The number of anilines is 1. The van der Waals surface area contributed by atoms with Crippen LogP contribution in [0.25, 0.3) is 0 Å². The number of nitrogens with one attached hydrogen (secondary N) is 2. The molecule has 0 radical (unpaired) electrons. The first kappa shape index (κ1) is 28.5. The zero-order valence-corrected chi connectivity index (χ0v) is 24.8. The molecular weight excluding hydrogens is 530 g/mol. The van der Waals surface area contributed by atoms with Crippen LogP contribution in [0.4, 0.5) is 5.69 Å². The summed E-state index contributed by atoms with van der Waals surface area (Å²) in [6.45, 7) is 6.58. The second kappa shape index (κ2) is 11.2. The summed E-state index contributed by atoms with van der Waals surface area (Å²) in [6, 6.07) is 14.4. The van der Waals surface area contributed by atoms with E-state index in [1.165, 1.54) is 5.56 Å². The number of ether oxygens (including phenoxy) is 2. The maximum atomic E-state index is 14.3. The number of hydrogen-bond donors (Lipinski definition) is 2. The first-order chi connectivity index (χ1) is 20.2. The number of benzene rings is 2. The van der Waals surface area contributed by atoms with Crippen molar-refractivity contribution < 1.29 is 23.9 Å². The van der Waals surface area contributed by atoms with Gasteiger partial charge in [-0.05, 0) is 48.4 Å². The fourth-order valence-corrected chi connectivity index (χ4v) is 7.42. The van der Waals surface area contributed by atoms with Gasteiger partial charge < -0.3 is 25.0 Å². The Balaban J connectivity index is 1.32. The maximum Gasteiger partial charge on any atom is 0.246 e. The zero-order valence-electron chi connectivity index (χ0n) is 24.8. The Bertz CT molecular complexity index is 1390. The number of fused-ring (bicyclic) bond motifs is 1. The highest BCUT2D eigenvalue weighted by molar-refractivity contribution is 6.02. The molecule has 1 spiro atoms. The van der Waals surface area contributed by atoms with Gasteiger partial charge in [0.05, 0.1) is 31.6 Å². The second-order valence-corrected chi connectivity index (χ2v) is 12.6. The molecule has 222 valence electrons. The van der Waals surface area contributed by atoms with Gasteiger partial charge in [0, 0.05) is 17.3 Å². The molecule has 2 aromatic rings. The van der Waals surface area contributed by atoms with Crippen LogP contribution < -0.4 is 15.4 Å². The molecule has 4 aliphatic rings. The lowest BCUT2D eigenvalue weighted by Gasteiger charge is -2.36. The van der Waals surface area contributed by atoms with Gasteiger partial charge in [-0.3, -0.25) is 14.4 Å². The maximum absolute atomic E-state index is 14.3. The number of likely N-dealkylation sites (tertiary alicyclic amines) is 1. The smallest absolute Gasteiger partial charge is 0.246 e. The molecule has 8 nitrogen and oxygen atoms in total. The largest absolute Gasteiger partial charge is 0.496 e. The molecular formula is C34H41N3O5. The van der Waals surface area contributed by atoms with E-state index >= 15 is 0 Å². The number of carbonyl (C=O) groups excluding carboxylic acids is 3. The fraction of sp³-hybridized carbons (Fsp3) is 0.500. The highest BCUT2D eigenvalue weighted by Crippen LogP contribution is 2.55. The van der Waals surface area contributed by atoms with E-state index in [1.807, 2.05) is 60.7 Å². The Morgan fingerprint density at radius 3 is 2.52 bits per heavy atom. The van der Waals surface area contributed by atoms with E-state index in [9.17, 15) is 14.4 Å². The third-order valence-electron chi connectivity index (χ3n) is 9.74. The molecule has 1 saturated carbocycles. The minimum Gasteiger partial charge on any atom is -0.496 e. The van der Waals surface area contributed by atoms with Gasteiger partial charge in [0.2, 0.25) is 17.7 Å². The molecule has 3 heterocycles. The monoisotopic (exact) mass is 571 g/mol. The number of nitrogens with zero attached hydrogens (tertiary/aromatic N) is 1. The van der Waals surface area contributed by atoms with Gasteiger partial charge in [0.1, 0.15) is 17.4 Å². The highest BCUT2D eigenvalue weighted by Gasteiger charge is 2.72. The highest BCUT2D eigenvalue weighted by atomic mass is 16.5. The average molecular weight is 572 g/mol.